The third-order valence-electron chi connectivity index (χ3n) is 2.03. The summed E-state index contributed by atoms with van der Waals surface area (Å²) in [6, 6.07) is 3.05. The molecule has 2 rings (SSSR count). The van der Waals surface area contributed by atoms with Crippen molar-refractivity contribution in [2.45, 2.75) is 6.54 Å². The number of urea groups is 1. The standard InChI is InChI=1S/C9H8ClN3O2/c10-7-2-1-6(3-11-7)4-13-5-8(14)12-9(13)15/h1-3H,4-5H2,(H,12,14,15). The van der Waals surface area contributed by atoms with Crippen molar-refractivity contribution in [2.24, 2.45) is 0 Å². The molecule has 0 bridgehead atoms. The van der Waals surface area contributed by atoms with Gasteiger partial charge in [0.25, 0.3) is 0 Å². The molecule has 1 aliphatic rings. The van der Waals surface area contributed by atoms with E-state index in [-0.39, 0.29) is 18.5 Å². The van der Waals surface area contributed by atoms with Gasteiger partial charge >= 0.3 is 6.03 Å². The summed E-state index contributed by atoms with van der Waals surface area (Å²) < 4.78 is 0. The van der Waals surface area contributed by atoms with Crippen LogP contribution in [0.1, 0.15) is 5.56 Å². The lowest BCUT2D eigenvalue weighted by Crippen LogP contribution is -2.27. The summed E-state index contributed by atoms with van der Waals surface area (Å²) >= 11 is 5.62. The quantitative estimate of drug-likeness (QED) is 0.598. The molecule has 1 N–H and O–H groups in total. The number of carbonyl (C=O) groups excluding carboxylic acids is 2. The molecule has 0 radical (unpaired) electrons. The van der Waals surface area contributed by atoms with Gasteiger partial charge in [-0.1, -0.05) is 17.7 Å². The van der Waals surface area contributed by atoms with E-state index < -0.39 is 0 Å². The molecule has 1 fully saturated rings. The highest BCUT2D eigenvalue weighted by Crippen LogP contribution is 2.09. The van der Waals surface area contributed by atoms with E-state index in [2.05, 4.69) is 10.3 Å². The first-order valence-corrected chi connectivity index (χ1v) is 4.72. The first-order chi connectivity index (χ1) is 7.15. The summed E-state index contributed by atoms with van der Waals surface area (Å²) in [5.74, 6) is -0.276. The van der Waals surface area contributed by atoms with Crippen LogP contribution >= 0.6 is 11.6 Å². The Balaban J connectivity index is 2.06. The van der Waals surface area contributed by atoms with Gasteiger partial charge in [0.2, 0.25) is 5.91 Å². The van der Waals surface area contributed by atoms with Gasteiger partial charge in [-0.25, -0.2) is 9.78 Å². The number of halogens is 1. The molecule has 1 aromatic rings. The largest absolute Gasteiger partial charge is 0.324 e. The maximum atomic E-state index is 11.2. The number of aromatic nitrogens is 1. The number of hydrogen-bond donors (Lipinski definition) is 1. The molecule has 0 aromatic carbocycles. The first-order valence-electron chi connectivity index (χ1n) is 4.34. The Morgan fingerprint density at radius 2 is 2.27 bits per heavy atom. The lowest BCUT2D eigenvalue weighted by molar-refractivity contribution is -0.118. The number of nitrogens with one attached hydrogen (secondary N) is 1. The molecule has 78 valence electrons. The van der Waals surface area contributed by atoms with Crippen LogP contribution < -0.4 is 5.32 Å². The average molecular weight is 226 g/mol. The van der Waals surface area contributed by atoms with Crippen molar-refractivity contribution >= 4 is 23.5 Å². The second-order valence-corrected chi connectivity index (χ2v) is 3.59. The lowest BCUT2D eigenvalue weighted by atomic mass is 10.3. The van der Waals surface area contributed by atoms with E-state index in [0.717, 1.165) is 5.56 Å². The van der Waals surface area contributed by atoms with E-state index in [4.69, 9.17) is 11.6 Å². The zero-order valence-electron chi connectivity index (χ0n) is 7.74. The molecule has 1 aliphatic heterocycles. The topological polar surface area (TPSA) is 62.3 Å². The second kappa shape index (κ2) is 3.86. The van der Waals surface area contributed by atoms with Crippen LogP contribution in [0, 0.1) is 0 Å². The summed E-state index contributed by atoms with van der Waals surface area (Å²) in [5, 5.41) is 2.60. The number of hydrogen-bond acceptors (Lipinski definition) is 3. The van der Waals surface area contributed by atoms with E-state index >= 15 is 0 Å². The minimum Gasteiger partial charge on any atom is -0.311 e. The Hall–Kier alpha value is -1.62. The van der Waals surface area contributed by atoms with Crippen LogP contribution in [0.25, 0.3) is 0 Å². The molecular formula is C9H8ClN3O2. The van der Waals surface area contributed by atoms with Gasteiger partial charge in [0.15, 0.2) is 0 Å². The lowest BCUT2D eigenvalue weighted by Gasteiger charge is -2.12. The van der Waals surface area contributed by atoms with Gasteiger partial charge in [0.1, 0.15) is 11.7 Å². The van der Waals surface area contributed by atoms with Crippen LogP contribution in [-0.4, -0.2) is 28.4 Å². The molecule has 0 atom stereocenters. The molecule has 2 heterocycles. The molecule has 5 nitrogen and oxygen atoms in total. The third-order valence-corrected chi connectivity index (χ3v) is 2.25. The number of rotatable bonds is 2. The van der Waals surface area contributed by atoms with Crippen molar-refractivity contribution < 1.29 is 9.59 Å². The van der Waals surface area contributed by atoms with Crippen LogP contribution in [0.3, 0.4) is 0 Å². The van der Waals surface area contributed by atoms with E-state index in [1.54, 1.807) is 18.3 Å². The average Bonchev–Trinajstić information content (AvgIpc) is 2.49. The van der Waals surface area contributed by atoms with Gasteiger partial charge < -0.3 is 4.90 Å². The zero-order valence-corrected chi connectivity index (χ0v) is 8.49. The Kier molecular flexibility index (Phi) is 2.55. The van der Waals surface area contributed by atoms with Crippen LogP contribution in [0.4, 0.5) is 4.79 Å². The number of pyridine rings is 1. The molecule has 3 amide bonds. The molecule has 0 spiro atoms. The smallest absolute Gasteiger partial charge is 0.311 e. The fraction of sp³-hybridized carbons (Fsp3) is 0.222. The summed E-state index contributed by atoms with van der Waals surface area (Å²) in [4.78, 5) is 27.4. The number of imide groups is 1. The third kappa shape index (κ3) is 2.24. The predicted molar refractivity (Wildman–Crippen MR) is 53.2 cm³/mol. The fourth-order valence-corrected chi connectivity index (χ4v) is 1.44. The van der Waals surface area contributed by atoms with Gasteiger partial charge in [-0.2, -0.15) is 0 Å². The Bertz CT molecular complexity index is 404. The highest BCUT2D eigenvalue weighted by molar-refractivity contribution is 6.29. The Morgan fingerprint density at radius 3 is 2.80 bits per heavy atom. The normalized spacial score (nSPS) is 15.7. The fourth-order valence-electron chi connectivity index (χ4n) is 1.33. The highest BCUT2D eigenvalue weighted by atomic mass is 35.5. The van der Waals surface area contributed by atoms with Crippen molar-refractivity contribution in [2.75, 3.05) is 6.54 Å². The van der Waals surface area contributed by atoms with Crippen LogP contribution in [0.2, 0.25) is 5.15 Å². The van der Waals surface area contributed by atoms with Crippen molar-refractivity contribution in [1.29, 1.82) is 0 Å². The van der Waals surface area contributed by atoms with Gasteiger partial charge in [-0.3, -0.25) is 10.1 Å². The molecule has 0 aliphatic carbocycles. The molecule has 1 saturated heterocycles. The molecule has 0 unspecified atom stereocenters. The number of carbonyl (C=O) groups is 2. The highest BCUT2D eigenvalue weighted by Gasteiger charge is 2.26. The van der Waals surface area contributed by atoms with Crippen molar-refractivity contribution in [3.05, 3.63) is 29.0 Å². The van der Waals surface area contributed by atoms with Crippen molar-refractivity contribution in [1.82, 2.24) is 15.2 Å². The maximum absolute atomic E-state index is 11.2. The van der Waals surface area contributed by atoms with E-state index in [0.29, 0.717) is 11.7 Å². The minimum absolute atomic E-state index is 0.0987. The number of amides is 3. The monoisotopic (exact) mass is 225 g/mol. The summed E-state index contributed by atoms with van der Waals surface area (Å²) in [7, 11) is 0. The summed E-state index contributed by atoms with van der Waals surface area (Å²) in [6.07, 6.45) is 1.58. The van der Waals surface area contributed by atoms with E-state index in [1.807, 2.05) is 0 Å². The Labute approximate surface area is 91.0 Å². The van der Waals surface area contributed by atoms with Crippen LogP contribution in [0.5, 0.6) is 0 Å². The predicted octanol–water partition coefficient (Wildman–Crippen LogP) is 0.787. The van der Waals surface area contributed by atoms with Crippen molar-refractivity contribution in [3.8, 4) is 0 Å². The molecule has 6 heteroatoms. The van der Waals surface area contributed by atoms with Gasteiger partial charge in [0.05, 0.1) is 0 Å². The summed E-state index contributed by atoms with van der Waals surface area (Å²) in [5.41, 5.74) is 0.837. The van der Waals surface area contributed by atoms with Gasteiger partial charge in [0, 0.05) is 12.7 Å². The van der Waals surface area contributed by atoms with Crippen molar-refractivity contribution in [3.63, 3.8) is 0 Å². The molecule has 15 heavy (non-hydrogen) atoms. The molecular weight excluding hydrogens is 218 g/mol. The Morgan fingerprint density at radius 1 is 1.47 bits per heavy atom. The van der Waals surface area contributed by atoms with E-state index in [9.17, 15) is 9.59 Å². The van der Waals surface area contributed by atoms with Crippen LogP contribution in [0.15, 0.2) is 18.3 Å². The van der Waals surface area contributed by atoms with Crippen LogP contribution in [-0.2, 0) is 11.3 Å². The van der Waals surface area contributed by atoms with Gasteiger partial charge in [-0.15, -0.1) is 0 Å². The van der Waals surface area contributed by atoms with Gasteiger partial charge in [-0.05, 0) is 11.6 Å². The van der Waals surface area contributed by atoms with E-state index in [1.165, 1.54) is 4.90 Å². The zero-order chi connectivity index (χ0) is 10.8. The SMILES string of the molecule is O=C1CN(Cc2ccc(Cl)nc2)C(=O)N1. The number of nitrogens with zero attached hydrogens (tertiary/aromatic N) is 2. The second-order valence-electron chi connectivity index (χ2n) is 3.20. The maximum Gasteiger partial charge on any atom is 0.324 e. The first kappa shape index (κ1) is 9.92. The summed E-state index contributed by atoms with van der Waals surface area (Å²) in [6.45, 7) is 0.462. The minimum atomic E-state index is -0.366. The molecule has 0 saturated carbocycles. The molecule has 1 aromatic heterocycles.